The first kappa shape index (κ1) is 19.5. The van der Waals surface area contributed by atoms with Gasteiger partial charge in [-0.3, -0.25) is 9.69 Å². The number of hydrogen-bond donors (Lipinski definition) is 1. The molecule has 158 valence electrons. The average molecular weight is 427 g/mol. The summed E-state index contributed by atoms with van der Waals surface area (Å²) in [6.07, 6.45) is 7.83. The number of likely N-dealkylation sites (tertiary alicyclic amines) is 1. The van der Waals surface area contributed by atoms with Crippen LogP contribution in [0, 0.1) is 0 Å². The lowest BCUT2D eigenvalue weighted by molar-refractivity contribution is -0.133. The van der Waals surface area contributed by atoms with Gasteiger partial charge in [-0.25, -0.2) is 0 Å². The van der Waals surface area contributed by atoms with Gasteiger partial charge in [0.1, 0.15) is 5.75 Å². The Morgan fingerprint density at radius 3 is 2.57 bits per heavy atom. The number of anilines is 1. The first-order valence-electron chi connectivity index (χ1n) is 10.6. The van der Waals surface area contributed by atoms with Gasteiger partial charge in [-0.05, 0) is 42.5 Å². The van der Waals surface area contributed by atoms with Crippen LogP contribution in [0.1, 0.15) is 24.3 Å². The molecule has 7 heteroatoms. The second-order valence-electron chi connectivity index (χ2n) is 8.54. The Hall–Kier alpha value is -2.44. The van der Waals surface area contributed by atoms with Crippen molar-refractivity contribution in [2.75, 3.05) is 44.2 Å². The number of amides is 1. The van der Waals surface area contributed by atoms with Gasteiger partial charge in [-0.1, -0.05) is 18.2 Å². The van der Waals surface area contributed by atoms with Crippen LogP contribution in [0.2, 0.25) is 5.02 Å². The van der Waals surface area contributed by atoms with Crippen LogP contribution in [0.15, 0.2) is 43.2 Å². The van der Waals surface area contributed by atoms with E-state index in [4.69, 9.17) is 11.6 Å². The lowest BCUT2D eigenvalue weighted by Gasteiger charge is -2.48. The number of benzene rings is 1. The van der Waals surface area contributed by atoms with E-state index >= 15 is 0 Å². The fourth-order valence-electron chi connectivity index (χ4n) is 4.54. The van der Waals surface area contributed by atoms with Gasteiger partial charge in [0, 0.05) is 68.8 Å². The highest BCUT2D eigenvalue weighted by Crippen LogP contribution is 2.45. The Balaban J connectivity index is 1.23. The van der Waals surface area contributed by atoms with Gasteiger partial charge in [-0.2, -0.15) is 0 Å². The van der Waals surface area contributed by atoms with E-state index in [1.54, 1.807) is 6.07 Å². The summed E-state index contributed by atoms with van der Waals surface area (Å²) in [5, 5.41) is 11.1. The molecule has 2 aromatic rings. The number of piperazine rings is 1. The Bertz CT molecular complexity index is 970. The zero-order valence-corrected chi connectivity index (χ0v) is 17.8. The number of phenolic OH excluding ortho intramolecular Hbond substituents is 1. The molecule has 1 saturated carbocycles. The molecule has 0 spiro atoms. The fourth-order valence-corrected chi connectivity index (χ4v) is 4.86. The topological polar surface area (TPSA) is 52.0 Å². The molecule has 6 nitrogen and oxygen atoms in total. The third-order valence-electron chi connectivity index (χ3n) is 6.61. The van der Waals surface area contributed by atoms with Crippen molar-refractivity contribution >= 4 is 23.2 Å². The van der Waals surface area contributed by atoms with Gasteiger partial charge < -0.3 is 19.5 Å². The number of halogens is 1. The molecular weight excluding hydrogens is 400 g/mol. The van der Waals surface area contributed by atoms with Crippen molar-refractivity contribution in [3.63, 3.8) is 0 Å². The molecule has 30 heavy (non-hydrogen) atoms. The SMILES string of the molecule is C=CC(=O)N1CC(N2CCN(c3ccn(-c4cc(C5CC5)c(Cl)cc4O)c3)CC2)C1. The number of nitrogens with zero attached hydrogens (tertiary/aromatic N) is 4. The number of hydrogen-bond acceptors (Lipinski definition) is 4. The van der Waals surface area contributed by atoms with E-state index in [-0.39, 0.29) is 11.7 Å². The van der Waals surface area contributed by atoms with Gasteiger partial charge >= 0.3 is 0 Å². The molecule has 1 aromatic heterocycles. The van der Waals surface area contributed by atoms with Crippen LogP contribution in [0.3, 0.4) is 0 Å². The molecule has 1 aromatic carbocycles. The molecule has 3 heterocycles. The summed E-state index contributed by atoms with van der Waals surface area (Å²) in [4.78, 5) is 18.3. The smallest absolute Gasteiger partial charge is 0.246 e. The summed E-state index contributed by atoms with van der Waals surface area (Å²) < 4.78 is 1.99. The molecule has 3 aliphatic rings. The van der Waals surface area contributed by atoms with Crippen LogP contribution >= 0.6 is 11.6 Å². The summed E-state index contributed by atoms with van der Waals surface area (Å²) in [5.41, 5.74) is 3.08. The monoisotopic (exact) mass is 426 g/mol. The van der Waals surface area contributed by atoms with Crippen molar-refractivity contribution in [2.24, 2.45) is 0 Å². The van der Waals surface area contributed by atoms with Crippen molar-refractivity contribution < 1.29 is 9.90 Å². The molecule has 0 unspecified atom stereocenters. The molecule has 2 saturated heterocycles. The van der Waals surface area contributed by atoms with Gasteiger partial charge in [0.15, 0.2) is 0 Å². The fraction of sp³-hybridized carbons (Fsp3) is 0.435. The van der Waals surface area contributed by atoms with Crippen molar-refractivity contribution in [1.29, 1.82) is 0 Å². The molecule has 0 radical (unpaired) electrons. The third-order valence-corrected chi connectivity index (χ3v) is 6.94. The molecular formula is C23H27ClN4O2. The van der Waals surface area contributed by atoms with Crippen LogP contribution in [-0.4, -0.2) is 70.7 Å². The van der Waals surface area contributed by atoms with Crippen molar-refractivity contribution in [3.8, 4) is 11.4 Å². The highest BCUT2D eigenvalue weighted by atomic mass is 35.5. The van der Waals surface area contributed by atoms with Crippen molar-refractivity contribution in [3.05, 3.63) is 53.8 Å². The Morgan fingerprint density at radius 1 is 1.17 bits per heavy atom. The number of aromatic nitrogens is 1. The number of phenols is 1. The van der Waals surface area contributed by atoms with Crippen molar-refractivity contribution in [2.45, 2.75) is 24.8 Å². The Morgan fingerprint density at radius 2 is 1.90 bits per heavy atom. The zero-order valence-electron chi connectivity index (χ0n) is 17.0. The van der Waals surface area contributed by atoms with Crippen LogP contribution in [0.4, 0.5) is 5.69 Å². The minimum atomic E-state index is 0.0292. The molecule has 5 rings (SSSR count). The van der Waals surface area contributed by atoms with E-state index in [0.717, 1.165) is 56.2 Å². The summed E-state index contributed by atoms with van der Waals surface area (Å²) in [6.45, 7) is 9.06. The van der Waals surface area contributed by atoms with Crippen LogP contribution in [-0.2, 0) is 4.79 Å². The minimum Gasteiger partial charge on any atom is -0.506 e. The van der Waals surface area contributed by atoms with E-state index in [9.17, 15) is 9.90 Å². The number of carbonyl (C=O) groups is 1. The van der Waals surface area contributed by atoms with E-state index in [0.29, 0.717) is 17.0 Å². The summed E-state index contributed by atoms with van der Waals surface area (Å²) in [6, 6.07) is 6.27. The third kappa shape index (κ3) is 3.59. The van der Waals surface area contributed by atoms with Crippen LogP contribution in [0.25, 0.3) is 5.69 Å². The quantitative estimate of drug-likeness (QED) is 0.746. The lowest BCUT2D eigenvalue weighted by Crippen LogP contribution is -2.64. The molecule has 0 bridgehead atoms. The van der Waals surface area contributed by atoms with E-state index in [1.807, 2.05) is 21.7 Å². The van der Waals surface area contributed by atoms with E-state index in [2.05, 4.69) is 28.6 Å². The van der Waals surface area contributed by atoms with E-state index < -0.39 is 0 Å². The first-order valence-corrected chi connectivity index (χ1v) is 11.0. The van der Waals surface area contributed by atoms with Crippen molar-refractivity contribution in [1.82, 2.24) is 14.4 Å². The number of rotatable bonds is 5. The molecule has 0 atom stereocenters. The summed E-state index contributed by atoms with van der Waals surface area (Å²) >= 11 is 6.33. The predicted molar refractivity (Wildman–Crippen MR) is 119 cm³/mol. The zero-order chi connectivity index (χ0) is 20.8. The standard InChI is InChI=1S/C23H27ClN4O2/c1-2-23(30)28-14-18(15-28)26-9-7-25(8-10-26)17-5-6-27(13-17)21-11-19(16-3-4-16)20(24)12-22(21)29/h2,5-6,11-13,16,18,29H,1,3-4,7-10,14-15H2. The second kappa shape index (κ2) is 7.67. The first-order chi connectivity index (χ1) is 14.5. The number of aromatic hydroxyl groups is 1. The normalized spacial score (nSPS) is 20.3. The van der Waals surface area contributed by atoms with Gasteiger partial charge in [0.05, 0.1) is 11.4 Å². The molecule has 3 fully saturated rings. The molecule has 1 amide bonds. The van der Waals surface area contributed by atoms with Gasteiger partial charge in [0.2, 0.25) is 5.91 Å². The maximum absolute atomic E-state index is 11.6. The predicted octanol–water partition coefficient (Wildman–Crippen LogP) is 3.23. The minimum absolute atomic E-state index is 0.0292. The lowest BCUT2D eigenvalue weighted by atomic mass is 10.1. The van der Waals surface area contributed by atoms with Crippen LogP contribution in [0.5, 0.6) is 5.75 Å². The Labute approximate surface area is 181 Å². The van der Waals surface area contributed by atoms with Gasteiger partial charge in [-0.15, -0.1) is 0 Å². The molecule has 1 aliphatic carbocycles. The highest BCUT2D eigenvalue weighted by molar-refractivity contribution is 6.31. The maximum atomic E-state index is 11.6. The van der Waals surface area contributed by atoms with Gasteiger partial charge in [0.25, 0.3) is 0 Å². The summed E-state index contributed by atoms with van der Waals surface area (Å²) in [7, 11) is 0. The van der Waals surface area contributed by atoms with Crippen LogP contribution < -0.4 is 4.90 Å². The molecule has 2 aliphatic heterocycles. The maximum Gasteiger partial charge on any atom is 0.246 e. The Kier molecular flexibility index (Phi) is 4.99. The van der Waals surface area contributed by atoms with E-state index in [1.165, 1.54) is 18.9 Å². The largest absolute Gasteiger partial charge is 0.506 e. The highest BCUT2D eigenvalue weighted by Gasteiger charge is 2.35. The average Bonchev–Trinajstić information content (AvgIpc) is 3.43. The number of carbonyl (C=O) groups excluding carboxylic acids is 1. The second-order valence-corrected chi connectivity index (χ2v) is 8.95. The molecule has 1 N–H and O–H groups in total. The summed E-state index contributed by atoms with van der Waals surface area (Å²) in [5.74, 6) is 0.769.